The van der Waals surface area contributed by atoms with E-state index in [1.807, 2.05) is 6.92 Å². The Hall–Kier alpha value is -0.270. The number of rotatable bonds is 7. The van der Waals surface area contributed by atoms with E-state index in [1.54, 1.807) is 0 Å². The largest absolute Gasteiger partial charge is 0.285 e. The summed E-state index contributed by atoms with van der Waals surface area (Å²) in [6.07, 6.45) is 6.77. The van der Waals surface area contributed by atoms with Gasteiger partial charge >= 0.3 is 0 Å². The van der Waals surface area contributed by atoms with E-state index in [-0.39, 0.29) is 36.0 Å². The van der Waals surface area contributed by atoms with Crippen molar-refractivity contribution in [3.63, 3.8) is 0 Å². The minimum atomic E-state index is -4.91. The van der Waals surface area contributed by atoms with Crippen molar-refractivity contribution in [3.8, 4) is 0 Å². The van der Waals surface area contributed by atoms with Gasteiger partial charge in [0.25, 0.3) is 30.4 Å². The summed E-state index contributed by atoms with van der Waals surface area (Å²) in [6.45, 7) is 13.6. The first-order valence-electron chi connectivity index (χ1n) is 15.3. The van der Waals surface area contributed by atoms with Crippen LogP contribution in [0.5, 0.6) is 0 Å². The molecular formula is C29H50O9S3. The van der Waals surface area contributed by atoms with E-state index in [9.17, 15) is 38.9 Å². The van der Waals surface area contributed by atoms with E-state index < -0.39 is 63.9 Å². The Morgan fingerprint density at radius 2 is 1.24 bits per heavy atom. The first kappa shape index (κ1) is 32.1. The van der Waals surface area contributed by atoms with Crippen LogP contribution >= 0.6 is 0 Å². The highest BCUT2D eigenvalue weighted by Crippen LogP contribution is 2.70. The second-order valence-corrected chi connectivity index (χ2v) is 21.1. The number of fused-ring (bicyclic) bond motifs is 5. The maximum absolute atomic E-state index is 12.9. The zero-order valence-corrected chi connectivity index (χ0v) is 27.7. The fourth-order valence-corrected chi connectivity index (χ4v) is 15.4. The molecule has 0 aromatic heterocycles. The van der Waals surface area contributed by atoms with E-state index in [0.29, 0.717) is 22.7 Å². The van der Waals surface area contributed by atoms with Crippen molar-refractivity contribution in [1.82, 2.24) is 0 Å². The Morgan fingerprint density at radius 3 is 1.76 bits per heavy atom. The summed E-state index contributed by atoms with van der Waals surface area (Å²) in [6, 6.07) is 0. The fourth-order valence-electron chi connectivity index (χ4n) is 11.3. The van der Waals surface area contributed by atoms with Gasteiger partial charge in [0.15, 0.2) is 0 Å². The summed E-state index contributed by atoms with van der Waals surface area (Å²) in [7, 11) is -14.4. The average Bonchev–Trinajstić information content (AvgIpc) is 3.12. The molecule has 12 atom stereocenters. The van der Waals surface area contributed by atoms with Gasteiger partial charge < -0.3 is 0 Å². The van der Waals surface area contributed by atoms with Crippen LogP contribution in [0, 0.1) is 57.2 Å². The van der Waals surface area contributed by atoms with Crippen molar-refractivity contribution < 1.29 is 38.9 Å². The molecule has 5 aliphatic carbocycles. The Kier molecular flexibility index (Phi) is 7.54. The highest BCUT2D eigenvalue weighted by molar-refractivity contribution is 7.90. The first-order valence-corrected chi connectivity index (χ1v) is 19.9. The van der Waals surface area contributed by atoms with Gasteiger partial charge in [-0.05, 0) is 121 Å². The molecule has 0 aromatic rings. The van der Waals surface area contributed by atoms with Crippen LogP contribution in [0.25, 0.3) is 0 Å². The quantitative estimate of drug-likeness (QED) is 0.306. The molecule has 0 amide bonds. The standard InChI is InChI=1S/C29H50O9S3/c1-17(9-11-27(4)16-26(27,2)3)19-7-8-20-18-13-23(39(30,31)32)22-14-24(40(33,34)35)25(41(36,37)38)15-29(22,6)21(18)10-12-28(19,20)5/h17-25H,7-16H2,1-6H3,(H,30,31,32)(H,33,34,35)(H,36,37,38). The molecule has 5 fully saturated rings. The first-order chi connectivity index (χ1) is 18.5. The summed E-state index contributed by atoms with van der Waals surface area (Å²) in [5.74, 6) is 0.236. The van der Waals surface area contributed by atoms with Gasteiger partial charge in [-0.3, -0.25) is 13.7 Å². The van der Waals surface area contributed by atoms with Crippen LogP contribution in [0.1, 0.15) is 106 Å². The smallest absolute Gasteiger partial charge is 0.269 e. The highest BCUT2D eigenvalue weighted by atomic mass is 32.2. The highest BCUT2D eigenvalue weighted by Gasteiger charge is 2.67. The summed E-state index contributed by atoms with van der Waals surface area (Å²) in [5, 5.41) is -4.85. The molecule has 12 heteroatoms. The summed E-state index contributed by atoms with van der Waals surface area (Å²) in [4.78, 5) is 0. The Balaban J connectivity index is 1.46. The van der Waals surface area contributed by atoms with Gasteiger partial charge in [0, 0.05) is 0 Å². The van der Waals surface area contributed by atoms with Crippen LogP contribution in [-0.2, 0) is 30.4 Å². The number of hydrogen-bond acceptors (Lipinski definition) is 6. The van der Waals surface area contributed by atoms with Gasteiger partial charge in [-0.1, -0.05) is 41.5 Å². The van der Waals surface area contributed by atoms with Gasteiger partial charge in [0.1, 0.15) is 10.5 Å². The second kappa shape index (κ2) is 9.61. The lowest BCUT2D eigenvalue weighted by molar-refractivity contribution is -0.112. The third-order valence-electron chi connectivity index (χ3n) is 14.0. The molecule has 5 aliphatic rings. The minimum Gasteiger partial charge on any atom is -0.285 e. The fraction of sp³-hybridized carbons (Fsp3) is 1.00. The molecule has 3 N–H and O–H groups in total. The summed E-state index contributed by atoms with van der Waals surface area (Å²) >= 11 is 0. The van der Waals surface area contributed by atoms with Gasteiger partial charge in [-0.2, -0.15) is 25.3 Å². The van der Waals surface area contributed by atoms with E-state index >= 15 is 0 Å². The molecule has 238 valence electrons. The SMILES string of the molecule is CC(CCC1(C)CC1(C)C)C1CCC2C3CC(S(=O)(=O)O)C4CC(S(=O)(=O)O)C(S(=O)(=O)O)CC4(C)C3CCC12C. The molecular weight excluding hydrogens is 589 g/mol. The molecule has 5 rings (SSSR count). The maximum Gasteiger partial charge on any atom is 0.269 e. The summed E-state index contributed by atoms with van der Waals surface area (Å²) in [5.41, 5.74) is -0.165. The average molecular weight is 639 g/mol. The van der Waals surface area contributed by atoms with Crippen LogP contribution < -0.4 is 0 Å². The maximum atomic E-state index is 12.9. The van der Waals surface area contributed by atoms with Crippen LogP contribution in [0.15, 0.2) is 0 Å². The van der Waals surface area contributed by atoms with Crippen molar-refractivity contribution in [3.05, 3.63) is 0 Å². The third-order valence-corrected chi connectivity index (χ3v) is 18.0. The lowest BCUT2D eigenvalue weighted by atomic mass is 9.44. The molecule has 12 unspecified atom stereocenters. The van der Waals surface area contributed by atoms with Crippen molar-refractivity contribution in [2.75, 3.05) is 0 Å². The predicted octanol–water partition coefficient (Wildman–Crippen LogP) is 5.49. The molecule has 0 radical (unpaired) electrons. The van der Waals surface area contributed by atoms with E-state index in [1.165, 1.54) is 12.8 Å². The molecule has 9 nitrogen and oxygen atoms in total. The van der Waals surface area contributed by atoms with Gasteiger partial charge in [-0.25, -0.2) is 0 Å². The molecule has 0 spiro atoms. The zero-order chi connectivity index (χ0) is 30.8. The van der Waals surface area contributed by atoms with Crippen molar-refractivity contribution in [2.24, 2.45) is 57.2 Å². The predicted molar refractivity (Wildman–Crippen MR) is 157 cm³/mol. The molecule has 0 aliphatic heterocycles. The lowest BCUT2D eigenvalue weighted by Gasteiger charge is -2.63. The zero-order valence-electron chi connectivity index (χ0n) is 25.3. The van der Waals surface area contributed by atoms with E-state index in [0.717, 1.165) is 32.1 Å². The molecule has 0 aromatic carbocycles. The van der Waals surface area contributed by atoms with Crippen molar-refractivity contribution in [2.45, 2.75) is 122 Å². The van der Waals surface area contributed by atoms with Crippen LogP contribution in [-0.4, -0.2) is 54.7 Å². The normalized spacial score (nSPS) is 48.5. The van der Waals surface area contributed by atoms with Crippen molar-refractivity contribution >= 4 is 30.4 Å². The van der Waals surface area contributed by atoms with Gasteiger partial charge in [0.2, 0.25) is 0 Å². The van der Waals surface area contributed by atoms with E-state index in [4.69, 9.17) is 0 Å². The molecule has 0 heterocycles. The monoisotopic (exact) mass is 638 g/mol. The second-order valence-electron chi connectivity index (χ2n) is 16.2. The Labute approximate surface area is 247 Å². The van der Waals surface area contributed by atoms with Gasteiger partial charge in [0.05, 0.1) is 5.25 Å². The Bertz CT molecular complexity index is 1390. The van der Waals surface area contributed by atoms with Crippen molar-refractivity contribution in [1.29, 1.82) is 0 Å². The van der Waals surface area contributed by atoms with Crippen LogP contribution in [0.3, 0.4) is 0 Å². The molecule has 5 saturated carbocycles. The molecule has 41 heavy (non-hydrogen) atoms. The molecule has 0 bridgehead atoms. The summed E-state index contributed by atoms with van der Waals surface area (Å²) < 4.78 is 106. The van der Waals surface area contributed by atoms with Gasteiger partial charge in [-0.15, -0.1) is 0 Å². The Morgan fingerprint density at radius 1 is 0.707 bits per heavy atom. The molecule has 0 saturated heterocycles. The van der Waals surface area contributed by atoms with E-state index in [2.05, 4.69) is 34.6 Å². The van der Waals surface area contributed by atoms with Crippen LogP contribution in [0.4, 0.5) is 0 Å². The third kappa shape index (κ3) is 5.16. The topological polar surface area (TPSA) is 163 Å². The lowest BCUT2D eigenvalue weighted by Crippen LogP contribution is -2.63. The minimum absolute atomic E-state index is 0.00160. The number of hydrogen-bond donors (Lipinski definition) is 3. The van der Waals surface area contributed by atoms with Crippen LogP contribution in [0.2, 0.25) is 0 Å².